The maximum absolute atomic E-state index is 6.93. The fourth-order valence-electron chi connectivity index (χ4n) is 3.17. The van der Waals surface area contributed by atoms with E-state index in [1.54, 1.807) is 0 Å². The van der Waals surface area contributed by atoms with Crippen LogP contribution in [0.2, 0.25) is 0 Å². The average molecular weight is 379 g/mol. The van der Waals surface area contributed by atoms with Gasteiger partial charge in [-0.1, -0.05) is 93.6 Å². The van der Waals surface area contributed by atoms with Crippen LogP contribution in [-0.4, -0.2) is 9.04 Å². The number of hydrogen-bond acceptors (Lipinski definition) is 2. The molecule has 0 aliphatic rings. The Kier molecular flexibility index (Phi) is 6.02. The second kappa shape index (κ2) is 8.25. The highest BCUT2D eigenvalue weighted by Crippen LogP contribution is 2.36. The zero-order chi connectivity index (χ0) is 18.6. The quantitative estimate of drug-likeness (QED) is 0.503. The van der Waals surface area contributed by atoms with E-state index in [2.05, 4.69) is 106 Å². The molecule has 1 unspecified atom stereocenters. The molecule has 3 aromatic rings. The third-order valence-corrected chi connectivity index (χ3v) is 7.28. The van der Waals surface area contributed by atoms with Crippen LogP contribution in [0.4, 0.5) is 0 Å². The summed E-state index contributed by atoms with van der Waals surface area (Å²) in [4.78, 5) is 0.973. The van der Waals surface area contributed by atoms with Crippen LogP contribution in [-0.2, 0) is 4.43 Å². The number of hydrogen-bond donors (Lipinski definition) is 1. The first kappa shape index (κ1) is 19.0. The molecule has 134 valence electrons. The topological polar surface area (TPSA) is 9.23 Å². The molecule has 0 aromatic heterocycles. The summed E-state index contributed by atoms with van der Waals surface area (Å²) in [6.07, 6.45) is 0.0218. The molecule has 0 aliphatic carbocycles. The van der Waals surface area contributed by atoms with Gasteiger partial charge in [-0.15, -0.1) is 12.6 Å². The zero-order valence-corrected chi connectivity index (χ0v) is 17.6. The molecule has 26 heavy (non-hydrogen) atoms. The van der Waals surface area contributed by atoms with Crippen molar-refractivity contribution in [1.29, 1.82) is 0 Å². The molecule has 0 heterocycles. The van der Waals surface area contributed by atoms with Crippen LogP contribution in [0.5, 0.6) is 0 Å². The highest BCUT2D eigenvalue weighted by Gasteiger charge is 2.31. The first-order valence-corrected chi connectivity index (χ1v) is 11.1. The molecule has 0 amide bonds. The summed E-state index contributed by atoms with van der Waals surface area (Å²) in [6, 6.07) is 29.7. The van der Waals surface area contributed by atoms with Crippen molar-refractivity contribution in [3.63, 3.8) is 0 Å². The predicted molar refractivity (Wildman–Crippen MR) is 116 cm³/mol. The summed E-state index contributed by atoms with van der Waals surface area (Å²) in [5, 5.41) is 2.61. The second-order valence-corrected chi connectivity index (χ2v) is 10.6. The summed E-state index contributed by atoms with van der Waals surface area (Å²) >= 11 is 4.42. The lowest BCUT2D eigenvalue weighted by molar-refractivity contribution is 0.0896. The Morgan fingerprint density at radius 3 is 1.62 bits per heavy atom. The summed E-state index contributed by atoms with van der Waals surface area (Å²) in [5.74, 6) is 0. The van der Waals surface area contributed by atoms with Gasteiger partial charge in [0.1, 0.15) is 0 Å². The van der Waals surface area contributed by atoms with E-state index in [4.69, 9.17) is 4.43 Å². The van der Waals surface area contributed by atoms with Crippen LogP contribution in [0, 0.1) is 5.41 Å². The number of benzene rings is 3. The molecule has 0 spiro atoms. The largest absolute Gasteiger partial charge is 0.403 e. The third-order valence-electron chi connectivity index (χ3n) is 4.46. The molecule has 0 saturated carbocycles. The van der Waals surface area contributed by atoms with Gasteiger partial charge in [0.05, 0.1) is 6.10 Å². The van der Waals surface area contributed by atoms with Crippen molar-refractivity contribution in [1.82, 2.24) is 0 Å². The highest BCUT2D eigenvalue weighted by molar-refractivity contribution is 7.80. The molecule has 3 heteroatoms. The van der Waals surface area contributed by atoms with Crippen LogP contribution in [0.25, 0.3) is 0 Å². The van der Waals surface area contributed by atoms with Gasteiger partial charge in [-0.2, -0.15) is 0 Å². The minimum absolute atomic E-state index is 0.00702. The number of thiol groups is 1. The number of rotatable bonds is 5. The van der Waals surface area contributed by atoms with E-state index >= 15 is 0 Å². The van der Waals surface area contributed by atoms with Gasteiger partial charge in [-0.3, -0.25) is 0 Å². The molecular formula is C23H26OSSi. The van der Waals surface area contributed by atoms with Crippen LogP contribution in [0.3, 0.4) is 0 Å². The van der Waals surface area contributed by atoms with E-state index in [9.17, 15) is 0 Å². The molecule has 0 aliphatic heterocycles. The molecule has 0 fully saturated rings. The molecule has 1 nitrogen and oxygen atoms in total. The van der Waals surface area contributed by atoms with E-state index in [1.807, 2.05) is 12.1 Å². The Bertz CT molecular complexity index is 771. The van der Waals surface area contributed by atoms with Crippen molar-refractivity contribution >= 4 is 32.0 Å². The third kappa shape index (κ3) is 4.67. The minimum Gasteiger partial charge on any atom is -0.403 e. The minimum atomic E-state index is -1.81. The molecule has 0 radical (unpaired) electrons. The maximum atomic E-state index is 6.93. The van der Waals surface area contributed by atoms with Crippen LogP contribution in [0.1, 0.15) is 32.4 Å². The molecule has 0 saturated heterocycles. The zero-order valence-electron chi connectivity index (χ0n) is 15.6. The molecule has 0 bridgehead atoms. The van der Waals surface area contributed by atoms with Crippen molar-refractivity contribution in [3.05, 3.63) is 90.5 Å². The van der Waals surface area contributed by atoms with Crippen molar-refractivity contribution in [2.75, 3.05) is 0 Å². The lowest BCUT2D eigenvalue weighted by Gasteiger charge is -2.35. The fraction of sp³-hybridized carbons (Fsp3) is 0.217. The van der Waals surface area contributed by atoms with E-state index < -0.39 is 9.04 Å². The van der Waals surface area contributed by atoms with E-state index in [0.717, 1.165) is 4.90 Å². The van der Waals surface area contributed by atoms with Crippen LogP contribution in [0.15, 0.2) is 89.8 Å². The lowest BCUT2D eigenvalue weighted by Crippen LogP contribution is -2.47. The Hall–Kier alpha value is -1.81. The van der Waals surface area contributed by atoms with Gasteiger partial charge in [0.15, 0.2) is 0 Å². The van der Waals surface area contributed by atoms with Gasteiger partial charge >= 0.3 is 0 Å². The van der Waals surface area contributed by atoms with Crippen molar-refractivity contribution in [2.24, 2.45) is 5.41 Å². The predicted octanol–water partition coefficient (Wildman–Crippen LogP) is 4.62. The Balaban J connectivity index is 2.01. The van der Waals surface area contributed by atoms with Crippen LogP contribution >= 0.6 is 12.6 Å². The molecule has 3 rings (SSSR count). The van der Waals surface area contributed by atoms with Gasteiger partial charge in [-0.25, -0.2) is 0 Å². The van der Waals surface area contributed by atoms with E-state index in [0.29, 0.717) is 0 Å². The maximum Gasteiger partial charge on any atom is 0.240 e. The summed E-state index contributed by atoms with van der Waals surface area (Å²) in [5.41, 5.74) is 1.20. The monoisotopic (exact) mass is 378 g/mol. The van der Waals surface area contributed by atoms with E-state index in [1.165, 1.54) is 15.9 Å². The van der Waals surface area contributed by atoms with Gasteiger partial charge in [0.25, 0.3) is 0 Å². The molecular weight excluding hydrogens is 352 g/mol. The molecule has 0 N–H and O–H groups in total. The summed E-state index contributed by atoms with van der Waals surface area (Å²) in [7, 11) is -1.81. The van der Waals surface area contributed by atoms with Gasteiger partial charge < -0.3 is 4.43 Å². The highest BCUT2D eigenvalue weighted by atomic mass is 32.1. The average Bonchev–Trinajstić information content (AvgIpc) is 2.64. The first-order valence-electron chi connectivity index (χ1n) is 8.99. The summed E-state index contributed by atoms with van der Waals surface area (Å²) in [6.45, 7) is 6.73. The summed E-state index contributed by atoms with van der Waals surface area (Å²) < 4.78 is 6.93. The van der Waals surface area contributed by atoms with Gasteiger partial charge in [0.2, 0.25) is 9.04 Å². The SMILES string of the molecule is CC(C)(C)C(O[SiH](c1ccccc1)c1ccccc1)c1ccc(S)cc1. The fourth-order valence-corrected chi connectivity index (χ4v) is 6.00. The Morgan fingerprint density at radius 2 is 1.19 bits per heavy atom. The second-order valence-electron chi connectivity index (χ2n) is 7.68. The normalized spacial score (nSPS) is 13.0. The van der Waals surface area contributed by atoms with Crippen molar-refractivity contribution in [2.45, 2.75) is 31.8 Å². The van der Waals surface area contributed by atoms with Crippen molar-refractivity contribution < 1.29 is 4.43 Å². The lowest BCUT2D eigenvalue weighted by atomic mass is 9.85. The van der Waals surface area contributed by atoms with Gasteiger partial charge in [-0.05, 0) is 33.5 Å². The van der Waals surface area contributed by atoms with Gasteiger partial charge in [0, 0.05) is 4.90 Å². The van der Waals surface area contributed by atoms with E-state index in [-0.39, 0.29) is 11.5 Å². The Labute approximate surface area is 164 Å². The standard InChI is InChI=1S/C23H26OSSi/c1-23(2,3)22(18-14-16-19(25)17-15-18)24-26(20-10-6-4-7-11-20)21-12-8-5-9-13-21/h4-17,22,25-26H,1-3H3. The van der Waals surface area contributed by atoms with Crippen molar-refractivity contribution in [3.8, 4) is 0 Å². The molecule has 3 aromatic carbocycles. The smallest absolute Gasteiger partial charge is 0.240 e. The molecule has 1 atom stereocenters. The first-order chi connectivity index (χ1) is 12.4. The van der Waals surface area contributed by atoms with Crippen LogP contribution < -0.4 is 10.4 Å². The Morgan fingerprint density at radius 1 is 0.731 bits per heavy atom.